The standard InChI is InChI=1S/C19H24N6O3.C4H10/c1-12-22-16-17(24(12)2)14-4-3-13(11-15(14)23-18(16)20)28-8-5-21-19(26)25-6-9-27-10-7-25;1-4(2)3/h3-4,11H,5-10H2,1-2H3,(H2,20,23)(H,21,26);4H,1-3H3. The number of imidazole rings is 1. The average molecular weight is 443 g/mol. The van der Waals surface area contributed by atoms with Gasteiger partial charge in [-0.3, -0.25) is 0 Å². The summed E-state index contributed by atoms with van der Waals surface area (Å²) >= 11 is 0. The van der Waals surface area contributed by atoms with Crippen LogP contribution in [0.5, 0.6) is 5.75 Å². The smallest absolute Gasteiger partial charge is 0.317 e. The molecule has 2 aromatic heterocycles. The highest BCUT2D eigenvalue weighted by Gasteiger charge is 2.16. The predicted octanol–water partition coefficient (Wildman–Crippen LogP) is 3.10. The highest BCUT2D eigenvalue weighted by molar-refractivity contribution is 6.06. The Morgan fingerprint density at radius 2 is 1.94 bits per heavy atom. The van der Waals surface area contributed by atoms with Gasteiger partial charge in [0.1, 0.15) is 23.7 Å². The molecule has 1 fully saturated rings. The van der Waals surface area contributed by atoms with Crippen LogP contribution in [0.1, 0.15) is 26.6 Å². The number of nitrogen functional groups attached to an aromatic ring is 1. The molecule has 0 saturated carbocycles. The summed E-state index contributed by atoms with van der Waals surface area (Å²) in [7, 11) is 1.96. The fraction of sp³-hybridized carbons (Fsp3) is 0.522. The minimum atomic E-state index is -0.0891. The summed E-state index contributed by atoms with van der Waals surface area (Å²) in [6.45, 7) is 11.6. The van der Waals surface area contributed by atoms with Gasteiger partial charge in [0.2, 0.25) is 0 Å². The Hall–Kier alpha value is -3.07. The number of urea groups is 1. The Balaban J connectivity index is 0.000000668. The summed E-state index contributed by atoms with van der Waals surface area (Å²) in [4.78, 5) is 22.8. The summed E-state index contributed by atoms with van der Waals surface area (Å²) in [6, 6.07) is 5.63. The van der Waals surface area contributed by atoms with Gasteiger partial charge in [0.05, 0.1) is 30.8 Å². The molecule has 4 rings (SSSR count). The molecule has 1 aliphatic rings. The molecule has 0 spiro atoms. The molecule has 9 heteroatoms. The molecule has 2 amide bonds. The van der Waals surface area contributed by atoms with Gasteiger partial charge in [0.25, 0.3) is 0 Å². The second kappa shape index (κ2) is 10.5. The number of benzene rings is 1. The second-order valence-corrected chi connectivity index (χ2v) is 8.50. The number of hydrogen-bond acceptors (Lipinski definition) is 6. The van der Waals surface area contributed by atoms with E-state index in [0.29, 0.717) is 56.5 Å². The van der Waals surface area contributed by atoms with E-state index in [1.54, 1.807) is 4.90 Å². The maximum Gasteiger partial charge on any atom is 0.317 e. The van der Waals surface area contributed by atoms with Crippen LogP contribution in [0, 0.1) is 12.8 Å². The molecule has 32 heavy (non-hydrogen) atoms. The van der Waals surface area contributed by atoms with Gasteiger partial charge in [-0.25, -0.2) is 14.8 Å². The molecule has 0 radical (unpaired) electrons. The number of ether oxygens (including phenoxy) is 2. The number of fused-ring (bicyclic) bond motifs is 3. The molecule has 3 N–H and O–H groups in total. The van der Waals surface area contributed by atoms with Crippen molar-refractivity contribution >= 4 is 33.8 Å². The molecule has 9 nitrogen and oxygen atoms in total. The van der Waals surface area contributed by atoms with Crippen LogP contribution in [-0.4, -0.2) is 64.9 Å². The normalized spacial score (nSPS) is 13.9. The molecule has 1 saturated heterocycles. The van der Waals surface area contributed by atoms with Crippen molar-refractivity contribution in [2.75, 3.05) is 45.2 Å². The Morgan fingerprint density at radius 1 is 1.25 bits per heavy atom. The van der Waals surface area contributed by atoms with Crippen molar-refractivity contribution < 1.29 is 14.3 Å². The van der Waals surface area contributed by atoms with E-state index >= 15 is 0 Å². The number of morpholine rings is 1. The van der Waals surface area contributed by atoms with Gasteiger partial charge in [-0.1, -0.05) is 20.8 Å². The van der Waals surface area contributed by atoms with Crippen LogP contribution in [0.3, 0.4) is 0 Å². The molecule has 1 aliphatic heterocycles. The lowest BCUT2D eigenvalue weighted by atomic mass is 10.1. The van der Waals surface area contributed by atoms with Crippen molar-refractivity contribution in [1.29, 1.82) is 0 Å². The number of nitrogens with zero attached hydrogens (tertiary/aromatic N) is 4. The summed E-state index contributed by atoms with van der Waals surface area (Å²) < 4.78 is 13.0. The molecule has 0 aliphatic carbocycles. The van der Waals surface area contributed by atoms with E-state index < -0.39 is 0 Å². The number of carbonyl (C=O) groups is 1. The minimum Gasteiger partial charge on any atom is -0.492 e. The van der Waals surface area contributed by atoms with E-state index in [-0.39, 0.29) is 6.03 Å². The van der Waals surface area contributed by atoms with Crippen LogP contribution in [0.25, 0.3) is 21.9 Å². The van der Waals surface area contributed by atoms with Crippen LogP contribution in [0.4, 0.5) is 10.6 Å². The number of aromatic nitrogens is 3. The zero-order chi connectivity index (χ0) is 23.3. The van der Waals surface area contributed by atoms with E-state index in [0.717, 1.165) is 28.2 Å². The van der Waals surface area contributed by atoms with Crippen molar-refractivity contribution in [3.63, 3.8) is 0 Å². The topological polar surface area (TPSA) is 108 Å². The van der Waals surface area contributed by atoms with Crippen molar-refractivity contribution in [1.82, 2.24) is 24.8 Å². The molecule has 0 bridgehead atoms. The molecule has 3 aromatic rings. The van der Waals surface area contributed by atoms with Gasteiger partial charge >= 0.3 is 6.03 Å². The molecule has 0 atom stereocenters. The average Bonchev–Trinajstić information content (AvgIpc) is 3.06. The van der Waals surface area contributed by atoms with Gasteiger partial charge in [-0.2, -0.15) is 0 Å². The van der Waals surface area contributed by atoms with E-state index in [1.807, 2.05) is 36.7 Å². The zero-order valence-electron chi connectivity index (χ0n) is 19.6. The SMILES string of the molecule is CC(C)C.Cc1nc2c(N)nc3cc(OCCNC(=O)N4CCOCC4)ccc3c2n1C. The number of hydrogen-bond donors (Lipinski definition) is 2. The lowest BCUT2D eigenvalue weighted by molar-refractivity contribution is 0.0530. The molecular formula is C23H34N6O3. The Kier molecular flexibility index (Phi) is 7.74. The largest absolute Gasteiger partial charge is 0.492 e. The van der Waals surface area contributed by atoms with Gasteiger partial charge in [0.15, 0.2) is 5.82 Å². The number of carbonyl (C=O) groups excluding carboxylic acids is 1. The summed E-state index contributed by atoms with van der Waals surface area (Å²) in [5.41, 5.74) is 8.52. The fourth-order valence-electron chi connectivity index (χ4n) is 3.38. The number of rotatable bonds is 4. The third kappa shape index (κ3) is 5.59. The third-order valence-electron chi connectivity index (χ3n) is 4.97. The summed E-state index contributed by atoms with van der Waals surface area (Å²) in [6.07, 6.45) is 0. The maximum atomic E-state index is 12.1. The van der Waals surface area contributed by atoms with Crippen molar-refractivity contribution in [2.45, 2.75) is 27.7 Å². The fourth-order valence-corrected chi connectivity index (χ4v) is 3.38. The first-order valence-electron chi connectivity index (χ1n) is 11.0. The number of aryl methyl sites for hydroxylation is 2. The van der Waals surface area contributed by atoms with Crippen LogP contribution < -0.4 is 15.8 Å². The minimum absolute atomic E-state index is 0.0891. The number of nitrogens with two attached hydrogens (primary N) is 1. The van der Waals surface area contributed by atoms with Crippen LogP contribution in [-0.2, 0) is 11.8 Å². The zero-order valence-corrected chi connectivity index (χ0v) is 19.6. The lowest BCUT2D eigenvalue weighted by Gasteiger charge is -2.26. The lowest BCUT2D eigenvalue weighted by Crippen LogP contribution is -2.47. The number of pyridine rings is 1. The van der Waals surface area contributed by atoms with Gasteiger partial charge < -0.3 is 30.0 Å². The molecular weight excluding hydrogens is 408 g/mol. The summed E-state index contributed by atoms with van der Waals surface area (Å²) in [5, 5.41) is 3.83. The Morgan fingerprint density at radius 3 is 2.62 bits per heavy atom. The maximum absolute atomic E-state index is 12.1. The van der Waals surface area contributed by atoms with Gasteiger partial charge in [-0.05, 0) is 25.0 Å². The first-order valence-corrected chi connectivity index (χ1v) is 11.0. The van der Waals surface area contributed by atoms with Gasteiger partial charge in [0, 0.05) is 31.6 Å². The quantitative estimate of drug-likeness (QED) is 0.601. The van der Waals surface area contributed by atoms with Crippen molar-refractivity contribution in [3.8, 4) is 5.75 Å². The molecule has 0 unspecified atom stereocenters. The van der Waals surface area contributed by atoms with E-state index in [4.69, 9.17) is 15.2 Å². The van der Waals surface area contributed by atoms with Crippen molar-refractivity contribution in [2.24, 2.45) is 13.0 Å². The van der Waals surface area contributed by atoms with E-state index in [9.17, 15) is 4.79 Å². The third-order valence-corrected chi connectivity index (χ3v) is 4.97. The molecule has 1 aromatic carbocycles. The van der Waals surface area contributed by atoms with Crippen LogP contribution in [0.2, 0.25) is 0 Å². The Bertz CT molecular complexity index is 1070. The Labute approximate surface area is 188 Å². The first kappa shape index (κ1) is 23.6. The second-order valence-electron chi connectivity index (χ2n) is 8.50. The predicted molar refractivity (Wildman–Crippen MR) is 127 cm³/mol. The highest BCUT2D eigenvalue weighted by Crippen LogP contribution is 2.30. The number of amides is 2. The van der Waals surface area contributed by atoms with E-state index in [2.05, 4.69) is 36.1 Å². The van der Waals surface area contributed by atoms with Crippen LogP contribution in [0.15, 0.2) is 18.2 Å². The number of anilines is 1. The summed E-state index contributed by atoms with van der Waals surface area (Å²) in [5.74, 6) is 2.80. The first-order chi connectivity index (χ1) is 15.3. The van der Waals surface area contributed by atoms with Gasteiger partial charge in [-0.15, -0.1) is 0 Å². The molecule has 174 valence electrons. The number of nitrogens with one attached hydrogen (secondary N) is 1. The van der Waals surface area contributed by atoms with Crippen LogP contribution >= 0.6 is 0 Å². The van der Waals surface area contributed by atoms with Crippen molar-refractivity contribution in [3.05, 3.63) is 24.0 Å². The highest BCUT2D eigenvalue weighted by atomic mass is 16.5. The molecule has 3 heterocycles. The monoisotopic (exact) mass is 442 g/mol. The van der Waals surface area contributed by atoms with E-state index in [1.165, 1.54) is 0 Å².